The SMILES string of the molecule is N=C(CC(Cc1cccc2c1Cc1ccccc1-2)C(=O)OC(=O)O)OC(=O)[O-]. The molecule has 1 aliphatic rings. The molecule has 2 aromatic carbocycles. The van der Waals surface area contributed by atoms with Gasteiger partial charge in [-0.05, 0) is 40.7 Å². The third-order valence-corrected chi connectivity index (χ3v) is 4.57. The van der Waals surface area contributed by atoms with Crippen LogP contribution in [0.3, 0.4) is 0 Å². The van der Waals surface area contributed by atoms with E-state index in [-0.39, 0.29) is 6.42 Å². The molecule has 0 radical (unpaired) electrons. The lowest BCUT2D eigenvalue weighted by molar-refractivity contribution is -0.273. The highest BCUT2D eigenvalue weighted by Gasteiger charge is 2.28. The number of benzene rings is 2. The minimum absolute atomic E-state index is 0.0715. The lowest BCUT2D eigenvalue weighted by Gasteiger charge is -2.18. The highest BCUT2D eigenvalue weighted by Crippen LogP contribution is 2.38. The van der Waals surface area contributed by atoms with E-state index in [0.717, 1.165) is 27.8 Å². The molecular formula is C20H16NO7-. The molecule has 0 amide bonds. The Labute approximate surface area is 159 Å². The number of carbonyl (C=O) groups excluding carboxylic acids is 2. The summed E-state index contributed by atoms with van der Waals surface area (Å²) in [6, 6.07) is 13.5. The van der Waals surface area contributed by atoms with Crippen LogP contribution in [0.2, 0.25) is 0 Å². The normalized spacial score (nSPS) is 12.4. The van der Waals surface area contributed by atoms with Gasteiger partial charge in [-0.3, -0.25) is 10.2 Å². The summed E-state index contributed by atoms with van der Waals surface area (Å²) >= 11 is 0. The fourth-order valence-electron chi connectivity index (χ4n) is 3.45. The zero-order chi connectivity index (χ0) is 20.3. The van der Waals surface area contributed by atoms with E-state index in [9.17, 15) is 19.5 Å². The summed E-state index contributed by atoms with van der Waals surface area (Å²) in [5.74, 6) is -2.89. The third-order valence-electron chi connectivity index (χ3n) is 4.57. The van der Waals surface area contributed by atoms with E-state index in [0.29, 0.717) is 6.42 Å². The number of carbonyl (C=O) groups is 3. The van der Waals surface area contributed by atoms with E-state index in [2.05, 4.69) is 9.47 Å². The Hall–Kier alpha value is -3.68. The van der Waals surface area contributed by atoms with Gasteiger partial charge in [0.15, 0.2) is 0 Å². The number of ether oxygens (including phenoxy) is 2. The lowest BCUT2D eigenvalue weighted by Crippen LogP contribution is -2.30. The smallest absolute Gasteiger partial charge is 0.501 e. The minimum atomic E-state index is -1.92. The van der Waals surface area contributed by atoms with Gasteiger partial charge in [0, 0.05) is 6.42 Å². The Kier molecular flexibility index (Phi) is 5.39. The molecule has 8 heteroatoms. The van der Waals surface area contributed by atoms with E-state index in [1.165, 1.54) is 0 Å². The maximum absolute atomic E-state index is 12.2. The van der Waals surface area contributed by atoms with Crippen LogP contribution < -0.4 is 5.11 Å². The average molecular weight is 382 g/mol. The molecule has 1 aliphatic carbocycles. The second kappa shape index (κ2) is 7.91. The lowest BCUT2D eigenvalue weighted by atomic mass is 9.91. The number of esters is 1. The monoisotopic (exact) mass is 382 g/mol. The maximum atomic E-state index is 12.2. The summed E-state index contributed by atoms with van der Waals surface area (Å²) < 4.78 is 8.38. The Morgan fingerprint density at radius 3 is 2.50 bits per heavy atom. The molecule has 1 atom stereocenters. The second-order valence-corrected chi connectivity index (χ2v) is 6.34. The molecule has 0 spiro atoms. The van der Waals surface area contributed by atoms with Gasteiger partial charge in [-0.25, -0.2) is 4.79 Å². The van der Waals surface area contributed by atoms with Crippen LogP contribution in [0.1, 0.15) is 23.1 Å². The molecule has 0 heterocycles. The summed E-state index contributed by atoms with van der Waals surface area (Å²) in [4.78, 5) is 33.4. The zero-order valence-electron chi connectivity index (χ0n) is 14.6. The summed E-state index contributed by atoms with van der Waals surface area (Å²) in [6.07, 6.45) is -3.40. The maximum Gasteiger partial charge on any atom is 0.513 e. The molecule has 0 aromatic heterocycles. The van der Waals surface area contributed by atoms with E-state index in [4.69, 9.17) is 10.5 Å². The predicted octanol–water partition coefficient (Wildman–Crippen LogP) is 2.36. The number of hydrogen-bond acceptors (Lipinski definition) is 7. The number of carboxylic acid groups (broad SMARTS) is 2. The van der Waals surface area contributed by atoms with Crippen molar-refractivity contribution in [1.29, 1.82) is 5.41 Å². The van der Waals surface area contributed by atoms with Crippen LogP contribution in [0.25, 0.3) is 11.1 Å². The van der Waals surface area contributed by atoms with Crippen molar-refractivity contribution >= 4 is 24.2 Å². The number of fused-ring (bicyclic) bond motifs is 3. The zero-order valence-corrected chi connectivity index (χ0v) is 14.6. The molecule has 1 unspecified atom stereocenters. The molecular weight excluding hydrogens is 366 g/mol. The van der Waals surface area contributed by atoms with Crippen molar-refractivity contribution in [3.05, 3.63) is 59.2 Å². The summed E-state index contributed by atoms with van der Waals surface area (Å²) in [5, 5.41) is 26.8. The molecule has 0 aliphatic heterocycles. The van der Waals surface area contributed by atoms with E-state index in [1.807, 2.05) is 42.5 Å². The van der Waals surface area contributed by atoms with Crippen LogP contribution in [-0.4, -0.2) is 29.3 Å². The van der Waals surface area contributed by atoms with Crippen molar-refractivity contribution in [1.82, 2.24) is 0 Å². The Morgan fingerprint density at radius 2 is 1.79 bits per heavy atom. The first-order valence-corrected chi connectivity index (χ1v) is 8.45. The van der Waals surface area contributed by atoms with Gasteiger partial charge >= 0.3 is 12.1 Å². The predicted molar refractivity (Wildman–Crippen MR) is 94.8 cm³/mol. The van der Waals surface area contributed by atoms with Gasteiger partial charge in [0.2, 0.25) is 0 Å². The molecule has 0 bridgehead atoms. The van der Waals surface area contributed by atoms with Crippen molar-refractivity contribution < 1.29 is 34.1 Å². The van der Waals surface area contributed by atoms with Crippen molar-refractivity contribution in [3.8, 4) is 11.1 Å². The quantitative estimate of drug-likeness (QED) is 0.299. The molecule has 3 rings (SSSR count). The van der Waals surface area contributed by atoms with Crippen LogP contribution >= 0.6 is 0 Å². The Balaban J connectivity index is 1.87. The Bertz CT molecular complexity index is 967. The topological polar surface area (TPSA) is 137 Å². The molecule has 144 valence electrons. The molecule has 2 N–H and O–H groups in total. The molecule has 0 saturated heterocycles. The molecule has 8 nitrogen and oxygen atoms in total. The van der Waals surface area contributed by atoms with Crippen molar-refractivity contribution in [2.24, 2.45) is 5.92 Å². The molecule has 2 aromatic rings. The van der Waals surface area contributed by atoms with Gasteiger partial charge in [-0.15, -0.1) is 0 Å². The number of hydrogen-bond donors (Lipinski definition) is 2. The van der Waals surface area contributed by atoms with E-state index >= 15 is 0 Å². The first kappa shape index (κ1) is 19.1. The largest absolute Gasteiger partial charge is 0.513 e. The molecule has 0 fully saturated rings. The van der Waals surface area contributed by atoms with Crippen LogP contribution in [0, 0.1) is 11.3 Å². The Morgan fingerprint density at radius 1 is 1.07 bits per heavy atom. The fourth-order valence-corrected chi connectivity index (χ4v) is 3.45. The van der Waals surface area contributed by atoms with Gasteiger partial charge in [0.1, 0.15) is 5.90 Å². The van der Waals surface area contributed by atoms with Crippen LogP contribution in [0.15, 0.2) is 42.5 Å². The van der Waals surface area contributed by atoms with Gasteiger partial charge in [-0.2, -0.15) is 0 Å². The van der Waals surface area contributed by atoms with Gasteiger partial charge in [-0.1, -0.05) is 42.5 Å². The molecule has 28 heavy (non-hydrogen) atoms. The van der Waals surface area contributed by atoms with E-state index < -0.39 is 36.5 Å². The van der Waals surface area contributed by atoms with Gasteiger partial charge in [0.25, 0.3) is 6.16 Å². The molecule has 0 saturated carbocycles. The summed E-state index contributed by atoms with van der Waals surface area (Å²) in [5.41, 5.74) is 5.06. The number of nitrogens with one attached hydrogen (secondary N) is 1. The number of rotatable bonds is 5. The first-order chi connectivity index (χ1) is 13.3. The standard InChI is InChI=1S/C20H17NO7/c21-17(27-19(23)24)10-13(18(22)28-20(25)26)8-11-5-3-7-15-14-6-2-1-4-12(14)9-16(11)15/h1-7,13,21H,8-10H2,(H,23,24)(H,25,26)/p-1. The van der Waals surface area contributed by atoms with Crippen LogP contribution in [0.4, 0.5) is 9.59 Å². The van der Waals surface area contributed by atoms with Gasteiger partial charge in [0.05, 0.1) is 5.92 Å². The average Bonchev–Trinajstić information content (AvgIpc) is 2.99. The summed E-state index contributed by atoms with van der Waals surface area (Å²) in [6.45, 7) is 0. The highest BCUT2D eigenvalue weighted by molar-refractivity contribution is 5.89. The minimum Gasteiger partial charge on any atom is -0.501 e. The van der Waals surface area contributed by atoms with E-state index in [1.54, 1.807) is 0 Å². The highest BCUT2D eigenvalue weighted by atomic mass is 16.7. The third kappa shape index (κ3) is 4.17. The summed E-state index contributed by atoms with van der Waals surface area (Å²) in [7, 11) is 0. The van der Waals surface area contributed by atoms with Gasteiger partial charge < -0.3 is 24.5 Å². The van der Waals surface area contributed by atoms with Crippen molar-refractivity contribution in [3.63, 3.8) is 0 Å². The van der Waals surface area contributed by atoms with Crippen molar-refractivity contribution in [2.75, 3.05) is 0 Å². The van der Waals surface area contributed by atoms with Crippen molar-refractivity contribution in [2.45, 2.75) is 19.3 Å². The van der Waals surface area contributed by atoms with Crippen LogP contribution in [0.5, 0.6) is 0 Å². The second-order valence-electron chi connectivity index (χ2n) is 6.34. The van der Waals surface area contributed by atoms with Crippen LogP contribution in [-0.2, 0) is 27.1 Å². The fraction of sp³-hybridized carbons (Fsp3) is 0.200. The first-order valence-electron chi connectivity index (χ1n) is 8.45.